The molecule has 25 heavy (non-hydrogen) atoms. The van der Waals surface area contributed by atoms with E-state index in [-0.39, 0.29) is 5.82 Å². The molecule has 0 aromatic heterocycles. The average Bonchev–Trinajstić information content (AvgIpc) is 2.47. The summed E-state index contributed by atoms with van der Waals surface area (Å²) in [5.41, 5.74) is 2.93. The Morgan fingerprint density at radius 2 is 1.52 bits per heavy atom. The summed E-state index contributed by atoms with van der Waals surface area (Å²) in [6.45, 7) is 1.88. The van der Waals surface area contributed by atoms with Crippen molar-refractivity contribution in [2.24, 2.45) is 0 Å². The molecule has 0 heterocycles. The van der Waals surface area contributed by atoms with Gasteiger partial charge in [0, 0.05) is 5.56 Å². The average molecular weight is 359 g/mol. The van der Waals surface area contributed by atoms with Gasteiger partial charge in [0.2, 0.25) is 0 Å². The number of amides is 1. The molecular formula is C16H13F4NO4. The summed E-state index contributed by atoms with van der Waals surface area (Å²) >= 11 is 0. The zero-order valence-electron chi connectivity index (χ0n) is 12.8. The van der Waals surface area contributed by atoms with Gasteiger partial charge in [-0.15, -0.1) is 0 Å². The molecule has 0 atom stereocenters. The first kappa shape index (κ1) is 19.9. The number of anilines is 1. The van der Waals surface area contributed by atoms with Crippen molar-refractivity contribution in [1.82, 2.24) is 0 Å². The predicted molar refractivity (Wildman–Crippen MR) is 81.9 cm³/mol. The fourth-order valence-electron chi connectivity index (χ4n) is 1.76. The van der Waals surface area contributed by atoms with Crippen LogP contribution in [-0.2, 0) is 4.79 Å². The van der Waals surface area contributed by atoms with Crippen LogP contribution in [0.5, 0.6) is 0 Å². The van der Waals surface area contributed by atoms with Crippen LogP contribution in [0.3, 0.4) is 0 Å². The Hall–Kier alpha value is -3.10. The first-order valence-corrected chi connectivity index (χ1v) is 6.67. The molecule has 0 spiro atoms. The molecule has 0 aliphatic heterocycles. The number of aryl methyl sites for hydroxylation is 1. The molecule has 0 fully saturated rings. The molecule has 0 saturated carbocycles. The number of carbonyl (C=O) groups is 2. The minimum atomic E-state index is -5.08. The highest BCUT2D eigenvalue weighted by Gasteiger charge is 2.38. The van der Waals surface area contributed by atoms with E-state index in [1.807, 2.05) is 19.1 Å². The topological polar surface area (TPSA) is 86.6 Å². The lowest BCUT2D eigenvalue weighted by Crippen LogP contribution is -2.21. The van der Waals surface area contributed by atoms with Gasteiger partial charge in [-0.3, -0.25) is 5.32 Å². The molecule has 0 aliphatic carbocycles. The van der Waals surface area contributed by atoms with Crippen molar-refractivity contribution in [3.63, 3.8) is 0 Å². The summed E-state index contributed by atoms with van der Waals surface area (Å²) in [4.78, 5) is 19.6. The second-order valence-electron chi connectivity index (χ2n) is 4.79. The van der Waals surface area contributed by atoms with Crippen LogP contribution >= 0.6 is 0 Å². The van der Waals surface area contributed by atoms with E-state index in [0.717, 1.165) is 16.7 Å². The molecule has 2 aromatic carbocycles. The molecule has 9 heteroatoms. The molecule has 2 aromatic rings. The van der Waals surface area contributed by atoms with Crippen LogP contribution in [0.4, 0.5) is 28.0 Å². The fraction of sp³-hybridized carbons (Fsp3) is 0.125. The number of halogens is 4. The Balaban J connectivity index is 0.000000381. The van der Waals surface area contributed by atoms with Crippen LogP contribution in [0.2, 0.25) is 0 Å². The Morgan fingerprint density at radius 3 is 1.96 bits per heavy atom. The van der Waals surface area contributed by atoms with Gasteiger partial charge in [0.05, 0.1) is 5.69 Å². The number of benzene rings is 2. The van der Waals surface area contributed by atoms with Gasteiger partial charge in [0.1, 0.15) is 5.82 Å². The minimum absolute atomic E-state index is 0.321. The first-order chi connectivity index (χ1) is 11.5. The smallest absolute Gasteiger partial charge is 0.475 e. The second kappa shape index (κ2) is 8.13. The Bertz CT molecular complexity index is 758. The minimum Gasteiger partial charge on any atom is -0.475 e. The van der Waals surface area contributed by atoms with Crippen LogP contribution in [0.15, 0.2) is 42.5 Å². The highest BCUT2D eigenvalue weighted by molar-refractivity contribution is 5.90. The van der Waals surface area contributed by atoms with Crippen molar-refractivity contribution in [3.05, 3.63) is 53.8 Å². The molecule has 5 nitrogen and oxygen atoms in total. The monoisotopic (exact) mass is 359 g/mol. The van der Waals surface area contributed by atoms with Crippen molar-refractivity contribution < 1.29 is 37.4 Å². The third-order valence-corrected chi connectivity index (χ3v) is 2.81. The van der Waals surface area contributed by atoms with Gasteiger partial charge in [0.15, 0.2) is 0 Å². The van der Waals surface area contributed by atoms with E-state index in [1.165, 1.54) is 12.1 Å². The van der Waals surface area contributed by atoms with Gasteiger partial charge < -0.3 is 10.2 Å². The number of alkyl halides is 3. The molecule has 0 unspecified atom stereocenters. The van der Waals surface area contributed by atoms with Crippen LogP contribution in [0.1, 0.15) is 5.56 Å². The molecule has 0 aliphatic rings. The predicted octanol–water partition coefficient (Wildman–Crippen LogP) is 4.52. The summed E-state index contributed by atoms with van der Waals surface area (Å²) in [5.74, 6) is -3.08. The highest BCUT2D eigenvalue weighted by atomic mass is 19.4. The van der Waals surface area contributed by atoms with Crippen molar-refractivity contribution in [2.75, 3.05) is 5.32 Å². The summed E-state index contributed by atoms with van der Waals surface area (Å²) in [6.07, 6.45) is -6.20. The summed E-state index contributed by atoms with van der Waals surface area (Å²) < 4.78 is 44.6. The lowest BCUT2D eigenvalue weighted by Gasteiger charge is -2.10. The van der Waals surface area contributed by atoms with E-state index >= 15 is 0 Å². The van der Waals surface area contributed by atoms with E-state index in [0.29, 0.717) is 5.69 Å². The number of hydrogen-bond acceptors (Lipinski definition) is 2. The van der Waals surface area contributed by atoms with E-state index < -0.39 is 18.2 Å². The van der Waals surface area contributed by atoms with E-state index in [4.69, 9.17) is 15.0 Å². The first-order valence-electron chi connectivity index (χ1n) is 6.67. The fourth-order valence-corrected chi connectivity index (χ4v) is 1.76. The van der Waals surface area contributed by atoms with Gasteiger partial charge in [-0.25, -0.2) is 14.0 Å². The maximum absolute atomic E-state index is 12.9. The third kappa shape index (κ3) is 6.50. The maximum Gasteiger partial charge on any atom is 0.490 e. The third-order valence-electron chi connectivity index (χ3n) is 2.81. The summed E-state index contributed by atoms with van der Waals surface area (Å²) in [7, 11) is 0. The molecular weight excluding hydrogens is 346 g/mol. The van der Waals surface area contributed by atoms with Gasteiger partial charge in [0.25, 0.3) is 0 Å². The van der Waals surface area contributed by atoms with Gasteiger partial charge >= 0.3 is 18.2 Å². The van der Waals surface area contributed by atoms with E-state index in [1.54, 1.807) is 18.2 Å². The zero-order chi connectivity index (χ0) is 19.2. The SMILES string of the molecule is Cc1ccc(-c2ccc(F)cc2)c(NC(=O)O)c1.O=C(O)C(F)(F)F. The van der Waals surface area contributed by atoms with Crippen LogP contribution in [0, 0.1) is 12.7 Å². The second-order valence-corrected chi connectivity index (χ2v) is 4.79. The van der Waals surface area contributed by atoms with Crippen molar-refractivity contribution in [2.45, 2.75) is 13.1 Å². The van der Waals surface area contributed by atoms with E-state index in [9.17, 15) is 22.4 Å². The molecule has 3 N–H and O–H groups in total. The number of hydrogen-bond donors (Lipinski definition) is 3. The van der Waals surface area contributed by atoms with Gasteiger partial charge in [-0.1, -0.05) is 24.3 Å². The summed E-state index contributed by atoms with van der Waals surface area (Å²) in [6, 6.07) is 11.4. The molecule has 134 valence electrons. The Morgan fingerprint density at radius 1 is 1.00 bits per heavy atom. The molecule has 0 saturated heterocycles. The number of aliphatic carboxylic acids is 1. The largest absolute Gasteiger partial charge is 0.490 e. The van der Waals surface area contributed by atoms with Gasteiger partial charge in [-0.2, -0.15) is 13.2 Å². The highest BCUT2D eigenvalue weighted by Crippen LogP contribution is 2.29. The van der Waals surface area contributed by atoms with E-state index in [2.05, 4.69) is 5.32 Å². The quantitative estimate of drug-likeness (QED) is 0.688. The number of carboxylic acids is 1. The Labute approximate surface area is 139 Å². The van der Waals surface area contributed by atoms with Crippen LogP contribution in [-0.4, -0.2) is 28.5 Å². The van der Waals surface area contributed by atoms with Crippen LogP contribution < -0.4 is 5.32 Å². The summed E-state index contributed by atoms with van der Waals surface area (Å²) in [5, 5.41) is 18.3. The maximum atomic E-state index is 12.9. The lowest BCUT2D eigenvalue weighted by molar-refractivity contribution is -0.192. The molecule has 2 rings (SSSR count). The molecule has 1 amide bonds. The normalized spacial score (nSPS) is 10.4. The van der Waals surface area contributed by atoms with Gasteiger partial charge in [-0.05, 0) is 36.2 Å². The lowest BCUT2D eigenvalue weighted by atomic mass is 10.0. The molecule has 0 bridgehead atoms. The van der Waals surface area contributed by atoms with Crippen molar-refractivity contribution in [3.8, 4) is 11.1 Å². The van der Waals surface area contributed by atoms with Crippen molar-refractivity contribution >= 4 is 17.7 Å². The number of carboxylic acid groups (broad SMARTS) is 2. The number of nitrogens with one attached hydrogen (secondary N) is 1. The Kier molecular flexibility index (Phi) is 6.49. The van der Waals surface area contributed by atoms with Crippen LogP contribution in [0.25, 0.3) is 11.1 Å². The van der Waals surface area contributed by atoms with Crippen molar-refractivity contribution in [1.29, 1.82) is 0 Å². The standard InChI is InChI=1S/C14H12FNO2.C2HF3O2/c1-9-2-7-12(13(8-9)16-14(17)18)10-3-5-11(15)6-4-10;3-2(4,5)1(6)7/h2-8,16H,1H3,(H,17,18);(H,6,7). The zero-order valence-corrected chi connectivity index (χ0v) is 12.8. The molecule has 0 radical (unpaired) electrons. The number of rotatable bonds is 2.